The van der Waals surface area contributed by atoms with Gasteiger partial charge in [0.15, 0.2) is 4.96 Å². The lowest BCUT2D eigenvalue weighted by Gasteiger charge is -1.97. The molecule has 3 nitrogen and oxygen atoms in total. The summed E-state index contributed by atoms with van der Waals surface area (Å²) in [5, 5.41) is 9.16. The van der Waals surface area contributed by atoms with Crippen molar-refractivity contribution in [3.05, 3.63) is 58.6 Å². The van der Waals surface area contributed by atoms with Gasteiger partial charge in [-0.3, -0.25) is 4.40 Å². The molecule has 5 heteroatoms. The van der Waals surface area contributed by atoms with E-state index in [0.717, 1.165) is 27.5 Å². The highest BCUT2D eigenvalue weighted by molar-refractivity contribution is 7.17. The largest absolute Gasteiger partial charge is 0.390 e. The van der Waals surface area contributed by atoms with Crippen molar-refractivity contribution in [2.75, 3.05) is 0 Å². The van der Waals surface area contributed by atoms with Crippen LogP contribution in [0.2, 0.25) is 0 Å². The van der Waals surface area contributed by atoms with E-state index < -0.39 is 0 Å². The molecule has 1 aromatic carbocycles. The first-order chi connectivity index (χ1) is 8.76. The van der Waals surface area contributed by atoms with Gasteiger partial charge in [0.1, 0.15) is 5.82 Å². The first kappa shape index (κ1) is 11.4. The van der Waals surface area contributed by atoms with Crippen LogP contribution in [0.3, 0.4) is 0 Å². The molecule has 3 rings (SSSR count). The maximum Gasteiger partial charge on any atom is 0.194 e. The SMILES string of the molecule is OCc1cnc2sc(Cc3ccc(F)cc3)cn12. The van der Waals surface area contributed by atoms with Crippen LogP contribution in [-0.2, 0) is 13.0 Å². The Morgan fingerprint density at radius 3 is 2.78 bits per heavy atom. The fraction of sp³-hybridized carbons (Fsp3) is 0.154. The molecule has 18 heavy (non-hydrogen) atoms. The number of aromatic nitrogens is 2. The van der Waals surface area contributed by atoms with Crippen LogP contribution in [0.15, 0.2) is 36.7 Å². The maximum atomic E-state index is 12.8. The molecule has 0 saturated carbocycles. The van der Waals surface area contributed by atoms with Crippen LogP contribution in [-0.4, -0.2) is 14.5 Å². The third-order valence-electron chi connectivity index (χ3n) is 2.79. The van der Waals surface area contributed by atoms with Gasteiger partial charge in [-0.25, -0.2) is 9.37 Å². The molecule has 0 saturated heterocycles. The number of hydrogen-bond donors (Lipinski definition) is 1. The van der Waals surface area contributed by atoms with E-state index in [1.165, 1.54) is 12.1 Å². The minimum absolute atomic E-state index is 0.0200. The number of thiazole rings is 1. The third-order valence-corrected chi connectivity index (χ3v) is 3.79. The predicted molar refractivity (Wildman–Crippen MR) is 68.2 cm³/mol. The molecule has 0 unspecified atom stereocenters. The molecule has 0 aliphatic rings. The van der Waals surface area contributed by atoms with Crippen LogP contribution in [0.25, 0.3) is 4.96 Å². The molecular formula is C13H11FN2OS. The average Bonchev–Trinajstić information content (AvgIpc) is 2.91. The number of imidazole rings is 1. The molecule has 0 amide bonds. The third kappa shape index (κ3) is 2.02. The molecule has 3 aromatic rings. The fourth-order valence-corrected chi connectivity index (χ4v) is 2.89. The van der Waals surface area contributed by atoms with Gasteiger partial charge in [0.25, 0.3) is 0 Å². The van der Waals surface area contributed by atoms with Gasteiger partial charge in [-0.1, -0.05) is 12.1 Å². The summed E-state index contributed by atoms with van der Waals surface area (Å²) in [5.74, 6) is -0.220. The molecule has 0 atom stereocenters. The molecule has 0 spiro atoms. The van der Waals surface area contributed by atoms with Crippen molar-refractivity contribution in [1.82, 2.24) is 9.38 Å². The van der Waals surface area contributed by atoms with Gasteiger partial charge >= 0.3 is 0 Å². The van der Waals surface area contributed by atoms with Gasteiger partial charge in [0.05, 0.1) is 18.5 Å². The number of aliphatic hydroxyl groups excluding tert-OH is 1. The van der Waals surface area contributed by atoms with Gasteiger partial charge in [-0.05, 0) is 17.7 Å². The van der Waals surface area contributed by atoms with Gasteiger partial charge in [-0.15, -0.1) is 11.3 Å². The number of rotatable bonds is 3. The van der Waals surface area contributed by atoms with Crippen molar-refractivity contribution in [3.63, 3.8) is 0 Å². The minimum atomic E-state index is -0.220. The molecule has 2 heterocycles. The molecule has 0 aliphatic heterocycles. The number of aliphatic hydroxyl groups is 1. The van der Waals surface area contributed by atoms with Gasteiger partial charge in [0, 0.05) is 17.5 Å². The summed E-state index contributed by atoms with van der Waals surface area (Å²) in [4.78, 5) is 6.24. The summed E-state index contributed by atoms with van der Waals surface area (Å²) in [7, 11) is 0. The second-order valence-corrected chi connectivity index (χ2v) is 5.15. The molecule has 2 aromatic heterocycles. The lowest BCUT2D eigenvalue weighted by molar-refractivity contribution is 0.276. The van der Waals surface area contributed by atoms with Crippen LogP contribution in [0.1, 0.15) is 16.1 Å². The zero-order valence-electron chi connectivity index (χ0n) is 9.51. The Kier molecular flexibility index (Phi) is 2.85. The summed E-state index contributed by atoms with van der Waals surface area (Å²) < 4.78 is 14.7. The first-order valence-corrected chi connectivity index (χ1v) is 6.38. The summed E-state index contributed by atoms with van der Waals surface area (Å²) in [6.45, 7) is -0.0200. The smallest absolute Gasteiger partial charge is 0.194 e. The van der Waals surface area contributed by atoms with E-state index in [4.69, 9.17) is 5.11 Å². The highest BCUT2D eigenvalue weighted by atomic mass is 32.1. The Morgan fingerprint density at radius 2 is 2.06 bits per heavy atom. The van der Waals surface area contributed by atoms with Crippen LogP contribution < -0.4 is 0 Å². The summed E-state index contributed by atoms with van der Waals surface area (Å²) >= 11 is 1.58. The summed E-state index contributed by atoms with van der Waals surface area (Å²) in [5.41, 5.74) is 1.85. The van der Waals surface area contributed by atoms with Crippen molar-refractivity contribution < 1.29 is 9.50 Å². The Morgan fingerprint density at radius 1 is 1.28 bits per heavy atom. The van der Waals surface area contributed by atoms with E-state index in [-0.39, 0.29) is 12.4 Å². The van der Waals surface area contributed by atoms with Crippen molar-refractivity contribution in [3.8, 4) is 0 Å². The highest BCUT2D eigenvalue weighted by Gasteiger charge is 2.07. The monoisotopic (exact) mass is 262 g/mol. The Hall–Kier alpha value is -1.72. The zero-order valence-corrected chi connectivity index (χ0v) is 10.3. The second-order valence-electron chi connectivity index (χ2n) is 4.06. The van der Waals surface area contributed by atoms with E-state index in [1.807, 2.05) is 10.6 Å². The maximum absolute atomic E-state index is 12.8. The minimum Gasteiger partial charge on any atom is -0.390 e. The highest BCUT2D eigenvalue weighted by Crippen LogP contribution is 2.21. The van der Waals surface area contributed by atoms with Gasteiger partial charge in [0.2, 0.25) is 0 Å². The molecular weight excluding hydrogens is 251 g/mol. The van der Waals surface area contributed by atoms with Crippen LogP contribution >= 0.6 is 11.3 Å². The van der Waals surface area contributed by atoms with Gasteiger partial charge < -0.3 is 5.11 Å². The molecule has 0 radical (unpaired) electrons. The summed E-state index contributed by atoms with van der Waals surface area (Å²) in [6.07, 6.45) is 4.40. The molecule has 0 bridgehead atoms. The molecule has 1 N–H and O–H groups in total. The fourth-order valence-electron chi connectivity index (χ4n) is 1.88. The van der Waals surface area contributed by atoms with Crippen molar-refractivity contribution in [2.24, 2.45) is 0 Å². The van der Waals surface area contributed by atoms with Gasteiger partial charge in [-0.2, -0.15) is 0 Å². The van der Waals surface area contributed by atoms with E-state index in [9.17, 15) is 4.39 Å². The number of benzene rings is 1. The van der Waals surface area contributed by atoms with E-state index in [0.29, 0.717) is 0 Å². The molecule has 0 fully saturated rings. The van der Waals surface area contributed by atoms with E-state index in [1.54, 1.807) is 29.7 Å². The zero-order chi connectivity index (χ0) is 12.5. The van der Waals surface area contributed by atoms with Crippen LogP contribution in [0.4, 0.5) is 4.39 Å². The first-order valence-electron chi connectivity index (χ1n) is 5.56. The average molecular weight is 262 g/mol. The Balaban J connectivity index is 1.90. The number of nitrogens with zero attached hydrogens (tertiary/aromatic N) is 2. The second kappa shape index (κ2) is 4.51. The van der Waals surface area contributed by atoms with Crippen molar-refractivity contribution >= 4 is 16.3 Å². The lowest BCUT2D eigenvalue weighted by atomic mass is 10.1. The number of hydrogen-bond acceptors (Lipinski definition) is 3. The molecule has 92 valence electrons. The van der Waals surface area contributed by atoms with Crippen LogP contribution in [0.5, 0.6) is 0 Å². The lowest BCUT2D eigenvalue weighted by Crippen LogP contribution is -1.89. The van der Waals surface area contributed by atoms with E-state index >= 15 is 0 Å². The normalized spacial score (nSPS) is 11.2. The Labute approximate surface area is 107 Å². The van der Waals surface area contributed by atoms with Crippen molar-refractivity contribution in [2.45, 2.75) is 13.0 Å². The standard InChI is InChI=1S/C13H11FN2OS/c14-10-3-1-9(2-4-10)5-12-7-16-11(8-17)6-15-13(16)18-12/h1-4,6-7,17H,5,8H2. The number of halogens is 1. The van der Waals surface area contributed by atoms with E-state index in [2.05, 4.69) is 4.98 Å². The Bertz CT molecular complexity index is 672. The number of fused-ring (bicyclic) bond motifs is 1. The predicted octanol–water partition coefficient (Wildman–Crippen LogP) is 2.62. The summed E-state index contributed by atoms with van der Waals surface area (Å²) in [6, 6.07) is 6.50. The van der Waals surface area contributed by atoms with Crippen LogP contribution in [0, 0.1) is 5.82 Å². The quantitative estimate of drug-likeness (QED) is 0.788. The molecule has 0 aliphatic carbocycles. The van der Waals surface area contributed by atoms with Crippen molar-refractivity contribution in [1.29, 1.82) is 0 Å². The topological polar surface area (TPSA) is 37.5 Å².